The molecule has 0 aliphatic heterocycles. The molecule has 0 saturated heterocycles. The molecule has 0 radical (unpaired) electrons. The van der Waals surface area contributed by atoms with Crippen LogP contribution < -0.4 is 5.32 Å². The monoisotopic (exact) mass is 424 g/mol. The van der Waals surface area contributed by atoms with Crippen molar-refractivity contribution in [2.75, 3.05) is 12.3 Å². The van der Waals surface area contributed by atoms with E-state index in [9.17, 15) is 4.79 Å². The van der Waals surface area contributed by atoms with Crippen LogP contribution in [-0.2, 0) is 11.2 Å². The number of carbonyl (C=O) groups excluding carboxylic acids is 1. The highest BCUT2D eigenvalue weighted by molar-refractivity contribution is 7.99. The van der Waals surface area contributed by atoms with E-state index in [2.05, 4.69) is 64.3 Å². The molecular weight excluding hydrogens is 392 g/mol. The number of hydrogen-bond donors (Lipinski definition) is 1. The number of carbonyl (C=O) groups is 1. The molecule has 0 spiro atoms. The predicted molar refractivity (Wildman–Crippen MR) is 124 cm³/mol. The van der Waals surface area contributed by atoms with Gasteiger partial charge in [-0.1, -0.05) is 67.6 Å². The molecule has 1 atom stereocenters. The van der Waals surface area contributed by atoms with Crippen molar-refractivity contribution in [3.05, 3.63) is 60.0 Å². The van der Waals surface area contributed by atoms with Crippen molar-refractivity contribution in [3.63, 3.8) is 0 Å². The number of nitrogens with one attached hydrogen (secondary N) is 1. The van der Waals surface area contributed by atoms with E-state index in [1.165, 1.54) is 5.57 Å². The molecule has 1 N–H and O–H groups in total. The number of aromatic nitrogens is 3. The van der Waals surface area contributed by atoms with Gasteiger partial charge >= 0.3 is 0 Å². The van der Waals surface area contributed by atoms with Gasteiger partial charge in [0.05, 0.1) is 0 Å². The fraction of sp³-hybridized carbons (Fsp3) is 0.458. The summed E-state index contributed by atoms with van der Waals surface area (Å²) in [6.07, 6.45) is 11.9. The molecule has 160 valence electrons. The standard InChI is InChI=1S/C24H32N4OS/c1-3-16-25-23(29)15-8-7-14-22-26-27-24(28(22)21-12-5-4-6-13-21)30-18-20-11-9-10-19(2)17-20/h4-6,9-13,19H,3,7-8,14-18H2,1-2H3,(H,25,29). The Hall–Kier alpha value is -2.34. The molecule has 1 amide bonds. The molecule has 1 aromatic heterocycles. The molecule has 30 heavy (non-hydrogen) atoms. The number of aryl methyl sites for hydroxylation is 1. The summed E-state index contributed by atoms with van der Waals surface area (Å²) in [6, 6.07) is 10.3. The van der Waals surface area contributed by atoms with Gasteiger partial charge in [-0.25, -0.2) is 0 Å². The molecule has 1 aliphatic carbocycles. The lowest BCUT2D eigenvalue weighted by Crippen LogP contribution is -2.23. The van der Waals surface area contributed by atoms with Gasteiger partial charge in [0.15, 0.2) is 5.16 Å². The van der Waals surface area contributed by atoms with Crippen molar-refractivity contribution in [1.29, 1.82) is 0 Å². The van der Waals surface area contributed by atoms with Crippen LogP contribution >= 0.6 is 11.8 Å². The highest BCUT2D eigenvalue weighted by Crippen LogP contribution is 2.28. The molecule has 1 aromatic carbocycles. The van der Waals surface area contributed by atoms with Gasteiger partial charge in [-0.05, 0) is 43.7 Å². The van der Waals surface area contributed by atoms with E-state index < -0.39 is 0 Å². The molecule has 3 rings (SSSR count). The van der Waals surface area contributed by atoms with E-state index in [-0.39, 0.29) is 5.91 Å². The quantitative estimate of drug-likeness (QED) is 0.402. The lowest BCUT2D eigenvalue weighted by molar-refractivity contribution is -0.121. The number of amides is 1. The summed E-state index contributed by atoms with van der Waals surface area (Å²) in [5.41, 5.74) is 2.53. The van der Waals surface area contributed by atoms with Crippen LogP contribution in [-0.4, -0.2) is 33.0 Å². The first-order chi connectivity index (χ1) is 14.7. The zero-order valence-electron chi connectivity index (χ0n) is 18.0. The van der Waals surface area contributed by atoms with E-state index >= 15 is 0 Å². The molecule has 1 heterocycles. The maximum atomic E-state index is 11.8. The third-order valence-electron chi connectivity index (χ3n) is 5.08. The van der Waals surface area contributed by atoms with E-state index in [0.29, 0.717) is 12.3 Å². The summed E-state index contributed by atoms with van der Waals surface area (Å²) in [5.74, 6) is 2.63. The van der Waals surface area contributed by atoms with Crippen molar-refractivity contribution in [2.24, 2.45) is 5.92 Å². The highest BCUT2D eigenvalue weighted by Gasteiger charge is 2.16. The number of rotatable bonds is 11. The van der Waals surface area contributed by atoms with Gasteiger partial charge in [-0.2, -0.15) is 0 Å². The average molecular weight is 425 g/mol. The van der Waals surface area contributed by atoms with Gasteiger partial charge in [0.2, 0.25) is 5.91 Å². The van der Waals surface area contributed by atoms with Crippen molar-refractivity contribution in [2.45, 2.75) is 57.5 Å². The van der Waals surface area contributed by atoms with Gasteiger partial charge in [-0.3, -0.25) is 9.36 Å². The minimum absolute atomic E-state index is 0.140. The van der Waals surface area contributed by atoms with Gasteiger partial charge in [0, 0.05) is 30.8 Å². The summed E-state index contributed by atoms with van der Waals surface area (Å²) in [5, 5.41) is 12.9. The number of benzene rings is 1. The first-order valence-electron chi connectivity index (χ1n) is 10.9. The number of para-hydroxylation sites is 1. The summed E-state index contributed by atoms with van der Waals surface area (Å²) in [4.78, 5) is 11.8. The van der Waals surface area contributed by atoms with Crippen LogP contribution in [0.15, 0.2) is 59.3 Å². The first kappa shape index (κ1) is 22.3. The SMILES string of the molecule is CCCNC(=O)CCCCc1nnc(SCC2=CC=CC(C)C2)n1-c1ccccc1. The average Bonchev–Trinajstić information content (AvgIpc) is 3.17. The van der Waals surface area contributed by atoms with Gasteiger partial charge < -0.3 is 5.32 Å². The molecule has 2 aromatic rings. The Bertz CT molecular complexity index is 873. The van der Waals surface area contributed by atoms with E-state index in [1.807, 2.05) is 18.2 Å². The Morgan fingerprint density at radius 1 is 1.23 bits per heavy atom. The second-order valence-electron chi connectivity index (χ2n) is 7.81. The second kappa shape index (κ2) is 11.7. The largest absolute Gasteiger partial charge is 0.356 e. The molecule has 6 heteroatoms. The topological polar surface area (TPSA) is 59.8 Å². The fourth-order valence-corrected chi connectivity index (χ4v) is 4.48. The van der Waals surface area contributed by atoms with Crippen LogP contribution in [0.3, 0.4) is 0 Å². The number of thioether (sulfide) groups is 1. The highest BCUT2D eigenvalue weighted by atomic mass is 32.2. The van der Waals surface area contributed by atoms with E-state index in [1.54, 1.807) is 11.8 Å². The van der Waals surface area contributed by atoms with Crippen molar-refractivity contribution in [1.82, 2.24) is 20.1 Å². The van der Waals surface area contributed by atoms with Crippen LogP contribution in [0.2, 0.25) is 0 Å². The molecule has 1 aliphatic rings. The number of nitrogens with zero attached hydrogens (tertiary/aromatic N) is 3. The Labute approximate surface area is 184 Å². The first-order valence-corrected chi connectivity index (χ1v) is 11.9. The number of allylic oxidation sites excluding steroid dienone is 3. The minimum Gasteiger partial charge on any atom is -0.356 e. The fourth-order valence-electron chi connectivity index (χ4n) is 3.51. The van der Waals surface area contributed by atoms with Gasteiger partial charge in [-0.15, -0.1) is 10.2 Å². The Kier molecular flexibility index (Phi) is 8.75. The van der Waals surface area contributed by atoms with Crippen molar-refractivity contribution < 1.29 is 4.79 Å². The van der Waals surface area contributed by atoms with Crippen LogP contribution in [0.5, 0.6) is 0 Å². The maximum Gasteiger partial charge on any atom is 0.219 e. The minimum atomic E-state index is 0.140. The van der Waals surface area contributed by atoms with Crippen molar-refractivity contribution >= 4 is 17.7 Å². The zero-order chi connectivity index (χ0) is 21.2. The second-order valence-corrected chi connectivity index (χ2v) is 8.75. The van der Waals surface area contributed by atoms with Crippen LogP contribution in [0, 0.1) is 5.92 Å². The van der Waals surface area contributed by atoms with Crippen LogP contribution in [0.25, 0.3) is 5.69 Å². The van der Waals surface area contributed by atoms with E-state index in [4.69, 9.17) is 0 Å². The van der Waals surface area contributed by atoms with E-state index in [0.717, 1.165) is 61.1 Å². The van der Waals surface area contributed by atoms with Crippen LogP contribution in [0.1, 0.15) is 51.8 Å². The third kappa shape index (κ3) is 6.59. The Morgan fingerprint density at radius 2 is 2.07 bits per heavy atom. The smallest absolute Gasteiger partial charge is 0.219 e. The predicted octanol–water partition coefficient (Wildman–Crippen LogP) is 5.12. The summed E-state index contributed by atoms with van der Waals surface area (Å²) >= 11 is 1.75. The zero-order valence-corrected chi connectivity index (χ0v) is 18.8. The summed E-state index contributed by atoms with van der Waals surface area (Å²) in [6.45, 7) is 5.07. The summed E-state index contributed by atoms with van der Waals surface area (Å²) < 4.78 is 2.17. The van der Waals surface area contributed by atoms with Gasteiger partial charge in [0.25, 0.3) is 0 Å². The number of unbranched alkanes of at least 4 members (excludes halogenated alkanes) is 1. The lowest BCUT2D eigenvalue weighted by Gasteiger charge is -2.14. The Morgan fingerprint density at radius 3 is 2.83 bits per heavy atom. The molecular formula is C24H32N4OS. The lowest BCUT2D eigenvalue weighted by atomic mass is 9.97. The number of hydrogen-bond acceptors (Lipinski definition) is 4. The summed E-state index contributed by atoms with van der Waals surface area (Å²) in [7, 11) is 0. The van der Waals surface area contributed by atoms with Crippen molar-refractivity contribution in [3.8, 4) is 5.69 Å². The van der Waals surface area contributed by atoms with Crippen LogP contribution in [0.4, 0.5) is 0 Å². The molecule has 0 saturated carbocycles. The normalized spacial score (nSPS) is 15.8. The molecule has 0 bridgehead atoms. The molecule has 1 unspecified atom stereocenters. The maximum absolute atomic E-state index is 11.8. The Balaban J connectivity index is 1.64. The van der Waals surface area contributed by atoms with Gasteiger partial charge in [0.1, 0.15) is 5.82 Å². The molecule has 0 fully saturated rings. The molecule has 5 nitrogen and oxygen atoms in total. The third-order valence-corrected chi connectivity index (χ3v) is 6.12.